The zero-order valence-corrected chi connectivity index (χ0v) is 15.2. The van der Waals surface area contributed by atoms with Crippen molar-refractivity contribution < 1.29 is 17.6 Å². The Morgan fingerprint density at radius 3 is 2.60 bits per heavy atom. The Morgan fingerprint density at radius 2 is 2.04 bits per heavy atom. The number of nitrogens with zero attached hydrogens (tertiary/aromatic N) is 4. The quantitative estimate of drug-likeness (QED) is 0.701. The first-order valence-corrected chi connectivity index (χ1v) is 10.1. The minimum Gasteiger partial charge on any atom is -0.467 e. The van der Waals surface area contributed by atoms with Gasteiger partial charge >= 0.3 is 0 Å². The summed E-state index contributed by atoms with van der Waals surface area (Å²) in [6.45, 7) is 4.81. The first-order valence-electron chi connectivity index (χ1n) is 8.42. The molecule has 1 aliphatic carbocycles. The maximum atomic E-state index is 12.8. The Labute approximate surface area is 146 Å². The summed E-state index contributed by atoms with van der Waals surface area (Å²) >= 11 is 0. The monoisotopic (exact) mass is 366 g/mol. The number of furan rings is 1. The number of hydrogen-bond donors (Lipinski definition) is 0. The predicted octanol–water partition coefficient (Wildman–Crippen LogP) is 1.44. The molecule has 3 rings (SSSR count). The molecule has 2 aromatic heterocycles. The van der Waals surface area contributed by atoms with E-state index in [1.165, 1.54) is 11.2 Å². The Bertz CT molecular complexity index is 834. The molecule has 1 amide bonds. The van der Waals surface area contributed by atoms with Gasteiger partial charge in [0, 0.05) is 19.0 Å². The molecule has 136 valence electrons. The van der Waals surface area contributed by atoms with E-state index in [2.05, 4.69) is 10.2 Å². The normalized spacial score (nSPS) is 14.6. The van der Waals surface area contributed by atoms with Crippen LogP contribution in [0.25, 0.3) is 0 Å². The van der Waals surface area contributed by atoms with E-state index < -0.39 is 21.5 Å². The molecule has 1 saturated carbocycles. The highest BCUT2D eigenvalue weighted by atomic mass is 32.2. The molecular weight excluding hydrogens is 344 g/mol. The van der Waals surface area contributed by atoms with Crippen LogP contribution >= 0.6 is 0 Å². The second-order valence-corrected chi connectivity index (χ2v) is 7.99. The van der Waals surface area contributed by atoms with Crippen LogP contribution in [-0.4, -0.2) is 52.8 Å². The molecular formula is C16H22N4O4S. The SMILES string of the molecule is CCN(CC)C(=O)CS(=O)(=O)c1nnc(C2CC2)n1Cc1ccco1. The highest BCUT2D eigenvalue weighted by molar-refractivity contribution is 7.91. The number of hydrogen-bond acceptors (Lipinski definition) is 6. The summed E-state index contributed by atoms with van der Waals surface area (Å²) < 4.78 is 32.5. The van der Waals surface area contributed by atoms with Gasteiger partial charge < -0.3 is 9.32 Å². The van der Waals surface area contributed by atoms with Gasteiger partial charge in [-0.2, -0.15) is 0 Å². The summed E-state index contributed by atoms with van der Waals surface area (Å²) in [5.74, 6) is 0.462. The fraction of sp³-hybridized carbons (Fsp3) is 0.562. The van der Waals surface area contributed by atoms with Gasteiger partial charge in [-0.25, -0.2) is 8.42 Å². The third kappa shape index (κ3) is 3.76. The number of carbonyl (C=O) groups excluding carboxylic acids is 1. The number of amides is 1. The van der Waals surface area contributed by atoms with Crippen LogP contribution in [0.3, 0.4) is 0 Å². The second-order valence-electron chi connectivity index (χ2n) is 6.11. The van der Waals surface area contributed by atoms with E-state index in [1.54, 1.807) is 16.7 Å². The van der Waals surface area contributed by atoms with Crippen molar-refractivity contribution in [2.45, 2.75) is 44.3 Å². The molecule has 0 bridgehead atoms. The van der Waals surface area contributed by atoms with Crippen LogP contribution in [0, 0.1) is 0 Å². The lowest BCUT2D eigenvalue weighted by atomic mass is 10.3. The fourth-order valence-corrected chi connectivity index (χ4v) is 4.07. The van der Waals surface area contributed by atoms with Gasteiger partial charge in [0.1, 0.15) is 17.3 Å². The van der Waals surface area contributed by atoms with Crippen molar-refractivity contribution in [1.82, 2.24) is 19.7 Å². The zero-order chi connectivity index (χ0) is 18.0. The van der Waals surface area contributed by atoms with Crippen LogP contribution in [-0.2, 0) is 21.2 Å². The third-order valence-corrected chi connectivity index (χ3v) is 5.78. The first-order chi connectivity index (χ1) is 12.0. The van der Waals surface area contributed by atoms with Crippen molar-refractivity contribution in [2.24, 2.45) is 0 Å². The van der Waals surface area contributed by atoms with Crippen molar-refractivity contribution >= 4 is 15.7 Å². The molecule has 9 heteroatoms. The maximum Gasteiger partial charge on any atom is 0.250 e. The molecule has 25 heavy (non-hydrogen) atoms. The van der Waals surface area contributed by atoms with Crippen molar-refractivity contribution in [1.29, 1.82) is 0 Å². The summed E-state index contributed by atoms with van der Waals surface area (Å²) in [7, 11) is -3.89. The molecule has 1 fully saturated rings. The highest BCUT2D eigenvalue weighted by Gasteiger charge is 2.35. The Balaban J connectivity index is 1.91. The highest BCUT2D eigenvalue weighted by Crippen LogP contribution is 2.39. The van der Waals surface area contributed by atoms with Gasteiger partial charge in [-0.1, -0.05) is 0 Å². The molecule has 2 heterocycles. The van der Waals surface area contributed by atoms with Gasteiger partial charge in [-0.05, 0) is 38.8 Å². The van der Waals surface area contributed by atoms with Crippen molar-refractivity contribution in [3.63, 3.8) is 0 Å². The van der Waals surface area contributed by atoms with E-state index in [0.29, 0.717) is 24.7 Å². The average molecular weight is 366 g/mol. The van der Waals surface area contributed by atoms with Crippen LogP contribution < -0.4 is 0 Å². The molecule has 8 nitrogen and oxygen atoms in total. The lowest BCUT2D eigenvalue weighted by Gasteiger charge is -2.18. The largest absolute Gasteiger partial charge is 0.467 e. The molecule has 0 N–H and O–H groups in total. The van der Waals surface area contributed by atoms with E-state index in [-0.39, 0.29) is 17.6 Å². The van der Waals surface area contributed by atoms with E-state index >= 15 is 0 Å². The van der Waals surface area contributed by atoms with Crippen molar-refractivity contribution in [3.8, 4) is 0 Å². The second kappa shape index (κ2) is 6.99. The molecule has 0 aromatic carbocycles. The summed E-state index contributed by atoms with van der Waals surface area (Å²) in [5, 5.41) is 7.83. The minimum absolute atomic E-state index is 0.161. The fourth-order valence-electron chi connectivity index (χ4n) is 2.78. The zero-order valence-electron chi connectivity index (χ0n) is 14.4. The minimum atomic E-state index is -3.89. The average Bonchev–Trinajstić information content (AvgIpc) is 3.10. The first kappa shape index (κ1) is 17.7. The van der Waals surface area contributed by atoms with Gasteiger partial charge in [0.25, 0.3) is 5.16 Å². The number of aromatic nitrogens is 3. The van der Waals surface area contributed by atoms with E-state index in [1.807, 2.05) is 13.8 Å². The van der Waals surface area contributed by atoms with Crippen LogP contribution in [0.4, 0.5) is 0 Å². The Kier molecular flexibility index (Phi) is 4.94. The molecule has 0 radical (unpaired) electrons. The van der Waals surface area contributed by atoms with Crippen molar-refractivity contribution in [3.05, 3.63) is 30.0 Å². The number of sulfone groups is 1. The van der Waals surface area contributed by atoms with Gasteiger partial charge in [0.15, 0.2) is 0 Å². The number of rotatable bonds is 8. The summed E-state index contributed by atoms with van der Waals surface area (Å²) in [5.41, 5.74) is 0. The van der Waals surface area contributed by atoms with Gasteiger partial charge in [0.2, 0.25) is 15.7 Å². The molecule has 1 aliphatic rings. The lowest BCUT2D eigenvalue weighted by molar-refractivity contribution is -0.128. The smallest absolute Gasteiger partial charge is 0.250 e. The molecule has 0 saturated heterocycles. The van der Waals surface area contributed by atoms with Crippen LogP contribution in [0.1, 0.15) is 44.2 Å². The van der Waals surface area contributed by atoms with Gasteiger partial charge in [-0.3, -0.25) is 9.36 Å². The maximum absolute atomic E-state index is 12.8. The Hall–Kier alpha value is -2.16. The summed E-state index contributed by atoms with van der Waals surface area (Å²) in [6.07, 6.45) is 3.47. The summed E-state index contributed by atoms with van der Waals surface area (Å²) in [4.78, 5) is 13.7. The van der Waals surface area contributed by atoms with Crippen molar-refractivity contribution in [2.75, 3.05) is 18.8 Å². The number of carbonyl (C=O) groups is 1. The van der Waals surface area contributed by atoms with Crippen LogP contribution in [0.2, 0.25) is 0 Å². The predicted molar refractivity (Wildman–Crippen MR) is 89.8 cm³/mol. The summed E-state index contributed by atoms with van der Waals surface area (Å²) in [6, 6.07) is 3.52. The molecule has 2 aromatic rings. The molecule has 0 unspecified atom stereocenters. The Morgan fingerprint density at radius 1 is 1.32 bits per heavy atom. The molecule has 0 aliphatic heterocycles. The standard InChI is InChI=1S/C16H22N4O4S/c1-3-19(4-2)14(21)11-25(22,23)16-18-17-15(12-7-8-12)20(16)10-13-6-5-9-24-13/h5-6,9,12H,3-4,7-8,10-11H2,1-2H3. The topological polar surface area (TPSA) is 98.3 Å². The van der Waals surface area contributed by atoms with Gasteiger partial charge in [-0.15, -0.1) is 10.2 Å². The van der Waals surface area contributed by atoms with E-state index in [0.717, 1.165) is 12.8 Å². The third-order valence-electron chi connectivity index (χ3n) is 4.29. The molecule has 0 atom stereocenters. The van der Waals surface area contributed by atoms with Crippen LogP contribution in [0.15, 0.2) is 28.0 Å². The van der Waals surface area contributed by atoms with E-state index in [9.17, 15) is 13.2 Å². The van der Waals surface area contributed by atoms with E-state index in [4.69, 9.17) is 4.42 Å². The van der Waals surface area contributed by atoms with Crippen LogP contribution in [0.5, 0.6) is 0 Å². The molecule has 0 spiro atoms. The lowest BCUT2D eigenvalue weighted by Crippen LogP contribution is -2.36. The van der Waals surface area contributed by atoms with Gasteiger partial charge in [0.05, 0.1) is 12.8 Å².